The predicted molar refractivity (Wildman–Crippen MR) is 110 cm³/mol. The van der Waals surface area contributed by atoms with Crippen LogP contribution in [0.2, 0.25) is 0 Å². The van der Waals surface area contributed by atoms with Crippen molar-refractivity contribution in [1.82, 2.24) is 10.6 Å². The number of hydrogen-bond donors (Lipinski definition) is 2. The average Bonchev–Trinajstić information content (AvgIpc) is 2.57. The van der Waals surface area contributed by atoms with E-state index in [1.54, 1.807) is 0 Å². The summed E-state index contributed by atoms with van der Waals surface area (Å²) in [4.78, 5) is 25.0. The van der Waals surface area contributed by atoms with Gasteiger partial charge in [-0.15, -0.1) is 0 Å². The largest absolute Gasteiger partial charge is 0.491 e. The van der Waals surface area contributed by atoms with Crippen molar-refractivity contribution in [2.75, 3.05) is 6.61 Å². The van der Waals surface area contributed by atoms with Crippen LogP contribution in [-0.4, -0.2) is 30.5 Å². The first-order valence-corrected chi connectivity index (χ1v) is 9.84. The van der Waals surface area contributed by atoms with Crippen molar-refractivity contribution in [2.45, 2.75) is 67.5 Å². The maximum Gasteiger partial charge on any atom is 0.243 e. The van der Waals surface area contributed by atoms with E-state index in [1.807, 2.05) is 73.6 Å². The maximum absolute atomic E-state index is 12.7. The predicted octanol–water partition coefficient (Wildman–Crippen LogP) is 3.62. The summed E-state index contributed by atoms with van der Waals surface area (Å²) in [5.41, 5.74) is 2.15. The molecule has 1 aromatic carbocycles. The van der Waals surface area contributed by atoms with Crippen LogP contribution in [0.1, 0.15) is 52.7 Å². The molecule has 2 unspecified atom stereocenters. The van der Waals surface area contributed by atoms with Crippen molar-refractivity contribution >= 4 is 11.8 Å². The molecule has 27 heavy (non-hydrogen) atoms. The fourth-order valence-electron chi connectivity index (χ4n) is 2.73. The molecule has 5 nitrogen and oxygen atoms in total. The van der Waals surface area contributed by atoms with Crippen molar-refractivity contribution in [3.8, 4) is 5.75 Å². The van der Waals surface area contributed by atoms with Gasteiger partial charge in [-0.3, -0.25) is 9.59 Å². The highest BCUT2D eigenvalue weighted by molar-refractivity contribution is 5.88. The molecule has 0 radical (unpaired) electrons. The van der Waals surface area contributed by atoms with Crippen LogP contribution in [0.25, 0.3) is 0 Å². The molecule has 0 fully saturated rings. The fraction of sp³-hybridized carbons (Fsp3) is 0.636. The Morgan fingerprint density at radius 3 is 1.93 bits per heavy atom. The molecule has 0 saturated heterocycles. The Morgan fingerprint density at radius 1 is 0.889 bits per heavy atom. The monoisotopic (exact) mass is 376 g/mol. The molecular formula is C22H36N2O3. The number of hydrogen-bond acceptors (Lipinski definition) is 3. The summed E-state index contributed by atoms with van der Waals surface area (Å²) in [6.45, 7) is 16.0. The van der Waals surface area contributed by atoms with Crippen molar-refractivity contribution in [3.63, 3.8) is 0 Å². The summed E-state index contributed by atoms with van der Waals surface area (Å²) < 4.78 is 5.92. The van der Waals surface area contributed by atoms with Crippen LogP contribution in [0, 0.1) is 31.6 Å². The smallest absolute Gasteiger partial charge is 0.243 e. The number of para-hydroxylation sites is 1. The quantitative estimate of drug-likeness (QED) is 0.692. The minimum Gasteiger partial charge on any atom is -0.491 e. The van der Waals surface area contributed by atoms with Crippen LogP contribution in [0.4, 0.5) is 0 Å². The molecule has 2 amide bonds. The van der Waals surface area contributed by atoms with Crippen LogP contribution in [0.3, 0.4) is 0 Å². The Morgan fingerprint density at radius 2 is 1.44 bits per heavy atom. The lowest BCUT2D eigenvalue weighted by Gasteiger charge is -2.26. The van der Waals surface area contributed by atoms with Crippen molar-refractivity contribution < 1.29 is 14.3 Å². The molecule has 0 bridgehead atoms. The molecule has 1 aromatic rings. The second-order valence-electron chi connectivity index (χ2n) is 8.20. The lowest BCUT2D eigenvalue weighted by Crippen LogP contribution is -2.53. The number of amides is 2. The topological polar surface area (TPSA) is 67.4 Å². The van der Waals surface area contributed by atoms with Gasteiger partial charge in [0.2, 0.25) is 11.8 Å². The Kier molecular flexibility index (Phi) is 8.80. The van der Waals surface area contributed by atoms with Gasteiger partial charge in [0.15, 0.2) is 0 Å². The first kappa shape index (κ1) is 23.0. The summed E-state index contributed by atoms with van der Waals surface area (Å²) >= 11 is 0. The third kappa shape index (κ3) is 6.89. The molecule has 0 saturated carbocycles. The second-order valence-corrected chi connectivity index (χ2v) is 8.20. The molecule has 0 aromatic heterocycles. The number of rotatable bonds is 9. The lowest BCUT2D eigenvalue weighted by atomic mass is 9.95. The molecule has 0 spiro atoms. The van der Waals surface area contributed by atoms with Gasteiger partial charge in [0.1, 0.15) is 18.4 Å². The zero-order chi connectivity index (χ0) is 20.7. The zero-order valence-electron chi connectivity index (χ0n) is 18.1. The van der Waals surface area contributed by atoms with Crippen LogP contribution in [0.5, 0.6) is 5.75 Å². The first-order valence-electron chi connectivity index (χ1n) is 9.84. The minimum absolute atomic E-state index is 0.0000397. The van der Waals surface area contributed by atoms with Gasteiger partial charge < -0.3 is 15.4 Å². The normalized spacial score (nSPS) is 14.6. The van der Waals surface area contributed by atoms with E-state index < -0.39 is 6.04 Å². The Hall–Kier alpha value is -2.04. The van der Waals surface area contributed by atoms with Gasteiger partial charge in [0.25, 0.3) is 0 Å². The Labute approximate surface area is 164 Å². The molecule has 3 atom stereocenters. The summed E-state index contributed by atoms with van der Waals surface area (Å²) in [5.74, 6) is 0.692. The number of nitrogens with one attached hydrogen (secondary N) is 2. The van der Waals surface area contributed by atoms with E-state index in [4.69, 9.17) is 4.74 Å². The van der Waals surface area contributed by atoms with E-state index in [2.05, 4.69) is 10.6 Å². The molecule has 1 rings (SSSR count). The fourth-order valence-corrected chi connectivity index (χ4v) is 2.73. The van der Waals surface area contributed by atoms with Crippen LogP contribution >= 0.6 is 0 Å². The number of benzene rings is 1. The first-order chi connectivity index (χ1) is 12.5. The highest BCUT2D eigenvalue weighted by atomic mass is 16.5. The third-order valence-corrected chi connectivity index (χ3v) is 4.94. The van der Waals surface area contributed by atoms with Crippen molar-refractivity contribution in [3.05, 3.63) is 29.3 Å². The minimum atomic E-state index is -0.554. The van der Waals surface area contributed by atoms with Gasteiger partial charge in [-0.05, 0) is 43.7 Å². The molecule has 0 heterocycles. The molecule has 2 N–H and O–H groups in total. The third-order valence-electron chi connectivity index (χ3n) is 4.94. The highest BCUT2D eigenvalue weighted by Gasteiger charge is 2.28. The molecule has 5 heteroatoms. The molecule has 0 aliphatic carbocycles. The summed E-state index contributed by atoms with van der Waals surface area (Å²) in [7, 11) is 0. The number of ether oxygens (including phenoxy) is 1. The summed E-state index contributed by atoms with van der Waals surface area (Å²) in [5, 5.41) is 5.87. The van der Waals surface area contributed by atoms with Gasteiger partial charge in [-0.1, -0.05) is 52.8 Å². The van der Waals surface area contributed by atoms with Gasteiger partial charge in [0.05, 0.1) is 6.04 Å². The number of carbonyl (C=O) groups is 2. The van der Waals surface area contributed by atoms with Crippen molar-refractivity contribution in [1.29, 1.82) is 0 Å². The van der Waals surface area contributed by atoms with Crippen LogP contribution < -0.4 is 15.4 Å². The van der Waals surface area contributed by atoms with E-state index in [0.29, 0.717) is 6.61 Å². The molecule has 152 valence electrons. The maximum atomic E-state index is 12.7. The van der Waals surface area contributed by atoms with E-state index in [0.717, 1.165) is 16.9 Å². The van der Waals surface area contributed by atoms with Gasteiger partial charge in [-0.25, -0.2) is 0 Å². The van der Waals surface area contributed by atoms with Gasteiger partial charge in [-0.2, -0.15) is 0 Å². The average molecular weight is 377 g/mol. The molecule has 0 aliphatic heterocycles. The number of aryl methyl sites for hydroxylation is 2. The Bertz CT molecular complexity index is 620. The van der Waals surface area contributed by atoms with E-state index >= 15 is 0 Å². The van der Waals surface area contributed by atoms with Crippen LogP contribution in [-0.2, 0) is 9.59 Å². The standard InChI is InChI=1S/C22H36N2O3/c1-13(2)18(8)21(25)24-19(14(3)4)22(26)23-17(7)12-27-20-15(5)10-9-11-16(20)6/h9-11,13-14,17-19H,12H2,1-8H3,(H,23,26)(H,24,25)/t17?,18-,19?/m0/s1. The highest BCUT2D eigenvalue weighted by Crippen LogP contribution is 2.22. The summed E-state index contributed by atoms with van der Waals surface area (Å²) in [6, 6.07) is 5.28. The lowest BCUT2D eigenvalue weighted by molar-refractivity contribution is -0.133. The molecule has 0 aliphatic rings. The van der Waals surface area contributed by atoms with Gasteiger partial charge in [0, 0.05) is 5.92 Å². The van der Waals surface area contributed by atoms with Crippen LogP contribution in [0.15, 0.2) is 18.2 Å². The molecular weight excluding hydrogens is 340 g/mol. The zero-order valence-corrected chi connectivity index (χ0v) is 18.1. The van der Waals surface area contributed by atoms with Crippen molar-refractivity contribution in [2.24, 2.45) is 17.8 Å². The Balaban J connectivity index is 2.66. The second kappa shape index (κ2) is 10.3. The summed E-state index contributed by atoms with van der Waals surface area (Å²) in [6.07, 6.45) is 0. The van der Waals surface area contributed by atoms with E-state index in [-0.39, 0.29) is 35.6 Å². The van der Waals surface area contributed by atoms with Gasteiger partial charge >= 0.3 is 0 Å². The van der Waals surface area contributed by atoms with E-state index in [9.17, 15) is 9.59 Å². The van der Waals surface area contributed by atoms with E-state index in [1.165, 1.54) is 0 Å². The number of carbonyl (C=O) groups excluding carboxylic acids is 2. The SMILES string of the molecule is Cc1cccc(C)c1OCC(C)NC(=O)C(NC(=O)[C@@H](C)C(C)C)C(C)C.